The van der Waals surface area contributed by atoms with Crippen molar-refractivity contribution >= 4 is 23.5 Å². The average molecular weight is 330 g/mol. The van der Waals surface area contributed by atoms with Gasteiger partial charge in [-0.2, -0.15) is 5.10 Å². The quantitative estimate of drug-likeness (QED) is 0.894. The molecule has 0 spiro atoms. The number of nitrogens with zero attached hydrogens (tertiary/aromatic N) is 2. The minimum Gasteiger partial charge on any atom is -0.442 e. The predicted molar refractivity (Wildman–Crippen MR) is 91.1 cm³/mol. The van der Waals surface area contributed by atoms with Crippen LogP contribution in [-0.4, -0.2) is 42.5 Å². The molecule has 1 aliphatic carbocycles. The van der Waals surface area contributed by atoms with Crippen molar-refractivity contribution in [3.63, 3.8) is 0 Å². The average Bonchev–Trinajstić information content (AvgIpc) is 2.59. The third-order valence-electron chi connectivity index (χ3n) is 4.28. The van der Waals surface area contributed by atoms with Crippen molar-refractivity contribution in [1.82, 2.24) is 10.3 Å². The lowest BCUT2D eigenvalue weighted by atomic mass is 9.96. The molecule has 3 rings (SSSR count). The Kier molecular flexibility index (Phi) is 4.98. The van der Waals surface area contributed by atoms with Crippen molar-refractivity contribution in [2.24, 2.45) is 5.10 Å². The third kappa shape index (κ3) is 4.04. The van der Waals surface area contributed by atoms with Crippen molar-refractivity contribution < 1.29 is 14.3 Å². The molecule has 0 bridgehead atoms. The number of rotatable bonds is 3. The van der Waals surface area contributed by atoms with E-state index in [4.69, 9.17) is 4.74 Å². The van der Waals surface area contributed by atoms with Gasteiger partial charge < -0.3 is 15.4 Å². The molecule has 7 heteroatoms. The lowest BCUT2D eigenvalue weighted by Crippen LogP contribution is -2.39. The number of urea groups is 1. The van der Waals surface area contributed by atoms with Crippen LogP contribution in [0, 0.1) is 0 Å². The summed E-state index contributed by atoms with van der Waals surface area (Å²) in [6.45, 7) is 0.151. The molecular weight excluding hydrogens is 308 g/mol. The van der Waals surface area contributed by atoms with E-state index in [0.717, 1.165) is 18.4 Å². The van der Waals surface area contributed by atoms with Crippen LogP contribution in [0.5, 0.6) is 0 Å². The van der Waals surface area contributed by atoms with E-state index in [-0.39, 0.29) is 18.7 Å². The lowest BCUT2D eigenvalue weighted by Gasteiger charge is -2.23. The molecule has 0 radical (unpaired) electrons. The molecule has 0 aromatic heterocycles. The lowest BCUT2D eigenvalue weighted by molar-refractivity contribution is 0.117. The van der Waals surface area contributed by atoms with Crippen LogP contribution < -0.4 is 10.6 Å². The Morgan fingerprint density at radius 3 is 2.58 bits per heavy atom. The number of amides is 3. The minimum absolute atomic E-state index is 0.151. The zero-order chi connectivity index (χ0) is 16.9. The SMILES string of the molecule is CN1N=C(c2ccc(NC(=O)NC3CCCCC3)cc2)COC1=O. The van der Waals surface area contributed by atoms with Crippen LogP contribution in [0.15, 0.2) is 29.4 Å². The topological polar surface area (TPSA) is 83.0 Å². The smallest absolute Gasteiger partial charge is 0.430 e. The molecule has 0 saturated heterocycles. The van der Waals surface area contributed by atoms with Crippen LogP contribution in [0.1, 0.15) is 37.7 Å². The van der Waals surface area contributed by atoms with E-state index < -0.39 is 6.09 Å². The maximum Gasteiger partial charge on any atom is 0.430 e. The number of carbonyl (C=O) groups excluding carboxylic acids is 2. The molecule has 1 aliphatic heterocycles. The zero-order valence-corrected chi connectivity index (χ0v) is 13.7. The first-order valence-electron chi connectivity index (χ1n) is 8.28. The van der Waals surface area contributed by atoms with E-state index in [1.54, 1.807) is 7.05 Å². The molecular formula is C17H22N4O3. The van der Waals surface area contributed by atoms with Gasteiger partial charge in [-0.1, -0.05) is 31.4 Å². The number of anilines is 1. The maximum atomic E-state index is 12.0. The van der Waals surface area contributed by atoms with Gasteiger partial charge in [-0.3, -0.25) is 0 Å². The van der Waals surface area contributed by atoms with Gasteiger partial charge in [-0.25, -0.2) is 14.6 Å². The minimum atomic E-state index is -0.462. The first kappa shape index (κ1) is 16.3. The fraction of sp³-hybridized carbons (Fsp3) is 0.471. The molecule has 2 N–H and O–H groups in total. The Labute approximate surface area is 141 Å². The summed E-state index contributed by atoms with van der Waals surface area (Å²) in [5.41, 5.74) is 2.25. The molecule has 1 aromatic carbocycles. The molecule has 128 valence electrons. The number of benzene rings is 1. The van der Waals surface area contributed by atoms with Crippen LogP contribution in [0.25, 0.3) is 0 Å². The van der Waals surface area contributed by atoms with Gasteiger partial charge in [0.2, 0.25) is 0 Å². The molecule has 1 saturated carbocycles. The molecule has 1 aromatic rings. The van der Waals surface area contributed by atoms with Gasteiger partial charge in [0.15, 0.2) is 0 Å². The Balaban J connectivity index is 1.57. The molecule has 3 amide bonds. The number of hydrazone groups is 1. The van der Waals surface area contributed by atoms with Gasteiger partial charge in [0.25, 0.3) is 0 Å². The third-order valence-corrected chi connectivity index (χ3v) is 4.28. The van der Waals surface area contributed by atoms with Crippen LogP contribution in [0.2, 0.25) is 0 Å². The van der Waals surface area contributed by atoms with E-state index in [1.165, 1.54) is 24.3 Å². The number of ether oxygens (including phenoxy) is 1. The summed E-state index contributed by atoms with van der Waals surface area (Å²) in [6.07, 6.45) is 5.27. The molecule has 7 nitrogen and oxygen atoms in total. The first-order valence-corrected chi connectivity index (χ1v) is 8.28. The van der Waals surface area contributed by atoms with Gasteiger partial charge in [0.1, 0.15) is 12.3 Å². The molecule has 1 fully saturated rings. The first-order chi connectivity index (χ1) is 11.6. The fourth-order valence-corrected chi connectivity index (χ4v) is 2.96. The number of carbonyl (C=O) groups is 2. The van der Waals surface area contributed by atoms with Gasteiger partial charge >= 0.3 is 12.1 Å². The van der Waals surface area contributed by atoms with E-state index in [2.05, 4.69) is 15.7 Å². The van der Waals surface area contributed by atoms with E-state index in [0.29, 0.717) is 11.4 Å². The summed E-state index contributed by atoms with van der Waals surface area (Å²) in [7, 11) is 1.55. The highest BCUT2D eigenvalue weighted by Gasteiger charge is 2.19. The Morgan fingerprint density at radius 2 is 1.92 bits per heavy atom. The van der Waals surface area contributed by atoms with Crippen molar-refractivity contribution in [2.45, 2.75) is 38.1 Å². The Hall–Kier alpha value is -2.57. The van der Waals surface area contributed by atoms with Crippen LogP contribution in [0.4, 0.5) is 15.3 Å². The normalized spacial score (nSPS) is 18.6. The summed E-state index contributed by atoms with van der Waals surface area (Å²) in [4.78, 5) is 23.3. The van der Waals surface area contributed by atoms with Crippen LogP contribution >= 0.6 is 0 Å². The number of hydrogen-bond acceptors (Lipinski definition) is 4. The summed E-state index contributed by atoms with van der Waals surface area (Å²) in [5.74, 6) is 0. The number of hydrogen-bond donors (Lipinski definition) is 2. The van der Waals surface area contributed by atoms with E-state index >= 15 is 0 Å². The highest BCUT2D eigenvalue weighted by molar-refractivity contribution is 6.04. The predicted octanol–water partition coefficient (Wildman–Crippen LogP) is 2.93. The van der Waals surface area contributed by atoms with Crippen molar-refractivity contribution in [1.29, 1.82) is 0 Å². The highest BCUT2D eigenvalue weighted by atomic mass is 16.6. The summed E-state index contributed by atoms with van der Waals surface area (Å²) >= 11 is 0. The standard InChI is InChI=1S/C17H22N4O3/c1-21-17(23)24-11-15(20-21)12-7-9-14(10-8-12)19-16(22)18-13-5-3-2-4-6-13/h7-10,13H,2-6,11H2,1H3,(H2,18,19,22). The second-order valence-corrected chi connectivity index (χ2v) is 6.14. The van der Waals surface area contributed by atoms with E-state index in [1.807, 2.05) is 24.3 Å². The summed E-state index contributed by atoms with van der Waals surface area (Å²) in [5, 5.41) is 11.2. The molecule has 0 unspecified atom stereocenters. The Bertz CT molecular complexity index is 636. The Morgan fingerprint density at radius 1 is 1.21 bits per heavy atom. The zero-order valence-electron chi connectivity index (χ0n) is 13.7. The second-order valence-electron chi connectivity index (χ2n) is 6.14. The van der Waals surface area contributed by atoms with E-state index in [9.17, 15) is 9.59 Å². The van der Waals surface area contributed by atoms with Gasteiger partial charge in [0.05, 0.1) is 0 Å². The number of cyclic esters (lactones) is 1. The highest BCUT2D eigenvalue weighted by Crippen LogP contribution is 2.18. The summed E-state index contributed by atoms with van der Waals surface area (Å²) < 4.78 is 5.01. The molecule has 0 atom stereocenters. The van der Waals surface area contributed by atoms with Gasteiger partial charge in [0, 0.05) is 24.3 Å². The number of nitrogens with one attached hydrogen (secondary N) is 2. The second kappa shape index (κ2) is 7.33. The fourth-order valence-electron chi connectivity index (χ4n) is 2.96. The molecule has 24 heavy (non-hydrogen) atoms. The largest absolute Gasteiger partial charge is 0.442 e. The molecule has 1 heterocycles. The van der Waals surface area contributed by atoms with Gasteiger partial charge in [-0.15, -0.1) is 0 Å². The maximum absolute atomic E-state index is 12.0. The van der Waals surface area contributed by atoms with Crippen molar-refractivity contribution in [3.8, 4) is 0 Å². The van der Waals surface area contributed by atoms with Gasteiger partial charge in [-0.05, 0) is 25.0 Å². The van der Waals surface area contributed by atoms with Crippen LogP contribution in [-0.2, 0) is 4.74 Å². The monoisotopic (exact) mass is 330 g/mol. The van der Waals surface area contributed by atoms with Crippen molar-refractivity contribution in [2.75, 3.05) is 19.0 Å². The van der Waals surface area contributed by atoms with Crippen LogP contribution in [0.3, 0.4) is 0 Å². The molecule has 2 aliphatic rings. The van der Waals surface area contributed by atoms with Crippen molar-refractivity contribution in [3.05, 3.63) is 29.8 Å². The summed E-state index contributed by atoms with van der Waals surface area (Å²) in [6, 6.07) is 7.44.